The van der Waals surface area contributed by atoms with Crippen molar-refractivity contribution in [1.29, 1.82) is 0 Å². The smallest absolute Gasteiger partial charge is 0.318 e. The molecule has 1 unspecified atom stereocenters. The van der Waals surface area contributed by atoms with E-state index in [4.69, 9.17) is 0 Å². The molecular formula is C10H12N4O2S. The van der Waals surface area contributed by atoms with E-state index in [1.807, 2.05) is 7.05 Å². The number of nitrogens with zero attached hydrogens (tertiary/aromatic N) is 4. The molecule has 2 rings (SSSR count). The Kier molecular flexibility index (Phi) is 3.28. The minimum atomic E-state index is -0.307. The van der Waals surface area contributed by atoms with Crippen molar-refractivity contribution in [3.05, 3.63) is 12.5 Å². The van der Waals surface area contributed by atoms with Crippen molar-refractivity contribution in [2.45, 2.75) is 17.2 Å². The van der Waals surface area contributed by atoms with Crippen LogP contribution in [-0.4, -0.2) is 38.1 Å². The van der Waals surface area contributed by atoms with E-state index in [0.29, 0.717) is 0 Å². The van der Waals surface area contributed by atoms with E-state index >= 15 is 0 Å². The maximum Gasteiger partial charge on any atom is 0.318 e. The zero-order valence-corrected chi connectivity index (χ0v) is 10.6. The second-order valence-corrected chi connectivity index (χ2v) is 4.80. The summed E-state index contributed by atoms with van der Waals surface area (Å²) in [7, 11) is 3.19. The van der Waals surface area contributed by atoms with Crippen LogP contribution in [0.25, 0.3) is 11.0 Å². The van der Waals surface area contributed by atoms with E-state index in [1.54, 1.807) is 17.8 Å². The number of aryl methyl sites for hydroxylation is 1. The van der Waals surface area contributed by atoms with Crippen LogP contribution in [0.1, 0.15) is 6.92 Å². The lowest BCUT2D eigenvalue weighted by Crippen LogP contribution is -2.14. The maximum absolute atomic E-state index is 11.4. The number of methoxy groups -OCH3 is 1. The molecule has 0 saturated heterocycles. The number of esters is 1. The zero-order chi connectivity index (χ0) is 12.4. The predicted octanol–water partition coefficient (Wildman–Crippen LogP) is 1.02. The van der Waals surface area contributed by atoms with Gasteiger partial charge in [0.05, 0.1) is 18.7 Å². The van der Waals surface area contributed by atoms with Gasteiger partial charge in [0.15, 0.2) is 5.65 Å². The Balaban J connectivity index is 2.33. The van der Waals surface area contributed by atoms with Crippen molar-refractivity contribution in [2.24, 2.45) is 7.05 Å². The Labute approximate surface area is 102 Å². The first-order valence-corrected chi connectivity index (χ1v) is 5.88. The van der Waals surface area contributed by atoms with Gasteiger partial charge in [-0.25, -0.2) is 9.97 Å². The molecule has 0 aliphatic carbocycles. The van der Waals surface area contributed by atoms with Gasteiger partial charge in [-0.2, -0.15) is 5.10 Å². The number of thioether (sulfide) groups is 1. The SMILES string of the molecule is COC(=O)C(C)Sc1ncnc2c1cnn2C. The first-order valence-electron chi connectivity index (χ1n) is 5.00. The quantitative estimate of drug-likeness (QED) is 0.461. The minimum absolute atomic E-state index is 0.273. The molecule has 2 heterocycles. The molecule has 1 atom stereocenters. The minimum Gasteiger partial charge on any atom is -0.468 e. The van der Waals surface area contributed by atoms with E-state index in [1.165, 1.54) is 25.2 Å². The summed E-state index contributed by atoms with van der Waals surface area (Å²) in [5.74, 6) is -0.273. The molecule has 0 radical (unpaired) electrons. The molecule has 2 aromatic heterocycles. The highest BCUT2D eigenvalue weighted by Crippen LogP contribution is 2.27. The highest BCUT2D eigenvalue weighted by atomic mass is 32.2. The van der Waals surface area contributed by atoms with Gasteiger partial charge in [0.1, 0.15) is 16.6 Å². The van der Waals surface area contributed by atoms with Gasteiger partial charge in [0.25, 0.3) is 0 Å². The van der Waals surface area contributed by atoms with Crippen LogP contribution in [0.3, 0.4) is 0 Å². The monoisotopic (exact) mass is 252 g/mol. The summed E-state index contributed by atoms with van der Waals surface area (Å²) in [6.07, 6.45) is 3.16. The zero-order valence-electron chi connectivity index (χ0n) is 9.75. The van der Waals surface area contributed by atoms with Crippen molar-refractivity contribution >= 4 is 28.8 Å². The second kappa shape index (κ2) is 4.70. The van der Waals surface area contributed by atoms with E-state index in [-0.39, 0.29) is 11.2 Å². The van der Waals surface area contributed by atoms with Crippen molar-refractivity contribution in [1.82, 2.24) is 19.7 Å². The summed E-state index contributed by atoms with van der Waals surface area (Å²) < 4.78 is 6.35. The molecule has 90 valence electrons. The first-order chi connectivity index (χ1) is 8.13. The molecule has 0 bridgehead atoms. The Morgan fingerprint density at radius 2 is 2.29 bits per heavy atom. The highest BCUT2D eigenvalue weighted by Gasteiger charge is 2.18. The molecule has 2 aromatic rings. The molecule has 0 saturated carbocycles. The predicted molar refractivity (Wildman–Crippen MR) is 63.6 cm³/mol. The van der Waals surface area contributed by atoms with Crippen LogP contribution < -0.4 is 0 Å². The second-order valence-electron chi connectivity index (χ2n) is 3.47. The number of hydrogen-bond donors (Lipinski definition) is 0. The van der Waals surface area contributed by atoms with Crippen LogP contribution in [-0.2, 0) is 16.6 Å². The summed E-state index contributed by atoms with van der Waals surface area (Å²) in [6.45, 7) is 1.78. The summed E-state index contributed by atoms with van der Waals surface area (Å²) >= 11 is 1.34. The maximum atomic E-state index is 11.4. The van der Waals surface area contributed by atoms with Gasteiger partial charge in [0, 0.05) is 7.05 Å². The molecule has 0 amide bonds. The van der Waals surface area contributed by atoms with E-state index < -0.39 is 0 Å². The molecule has 7 heteroatoms. The van der Waals surface area contributed by atoms with Crippen LogP contribution in [0.2, 0.25) is 0 Å². The van der Waals surface area contributed by atoms with Gasteiger partial charge in [0.2, 0.25) is 0 Å². The molecule has 0 fully saturated rings. The number of ether oxygens (including phenoxy) is 1. The fourth-order valence-electron chi connectivity index (χ4n) is 1.42. The summed E-state index contributed by atoms with van der Waals surface area (Å²) in [5.41, 5.74) is 0.750. The average molecular weight is 252 g/mol. The van der Waals surface area contributed by atoms with Gasteiger partial charge >= 0.3 is 5.97 Å². The Hall–Kier alpha value is -1.63. The standard InChI is InChI=1S/C10H12N4O2S/c1-6(10(15)16-3)17-9-7-4-13-14(2)8(7)11-5-12-9/h4-6H,1-3H3. The molecule has 17 heavy (non-hydrogen) atoms. The number of hydrogen-bond acceptors (Lipinski definition) is 6. The first kappa shape index (κ1) is 11.8. The molecule has 6 nitrogen and oxygen atoms in total. The van der Waals surface area contributed by atoms with Crippen molar-refractivity contribution in [3.8, 4) is 0 Å². The Morgan fingerprint density at radius 3 is 3.00 bits per heavy atom. The third-order valence-electron chi connectivity index (χ3n) is 2.31. The normalized spacial score (nSPS) is 12.6. The largest absolute Gasteiger partial charge is 0.468 e. The lowest BCUT2D eigenvalue weighted by atomic mass is 10.4. The average Bonchev–Trinajstić information content (AvgIpc) is 2.71. The summed E-state index contributed by atoms with van der Waals surface area (Å²) in [6, 6.07) is 0. The van der Waals surface area contributed by atoms with Crippen LogP contribution >= 0.6 is 11.8 Å². The summed E-state index contributed by atoms with van der Waals surface area (Å²) in [5, 5.41) is 5.39. The highest BCUT2D eigenvalue weighted by molar-refractivity contribution is 8.00. The van der Waals surface area contributed by atoms with Crippen molar-refractivity contribution in [2.75, 3.05) is 7.11 Å². The number of rotatable bonds is 3. The molecule has 0 aliphatic heterocycles. The number of carbonyl (C=O) groups is 1. The van der Waals surface area contributed by atoms with Gasteiger partial charge in [-0.05, 0) is 6.92 Å². The van der Waals surface area contributed by atoms with Crippen LogP contribution in [0, 0.1) is 0 Å². The van der Waals surface area contributed by atoms with E-state index in [2.05, 4.69) is 19.8 Å². The van der Waals surface area contributed by atoms with Gasteiger partial charge < -0.3 is 4.74 Å². The lowest BCUT2D eigenvalue weighted by Gasteiger charge is -2.08. The number of fused-ring (bicyclic) bond motifs is 1. The molecule has 0 aliphatic rings. The third kappa shape index (κ3) is 2.23. The van der Waals surface area contributed by atoms with Crippen LogP contribution in [0.15, 0.2) is 17.6 Å². The van der Waals surface area contributed by atoms with E-state index in [9.17, 15) is 4.79 Å². The van der Waals surface area contributed by atoms with Gasteiger partial charge in [-0.1, -0.05) is 11.8 Å². The molecule has 0 spiro atoms. The topological polar surface area (TPSA) is 69.9 Å². The fourth-order valence-corrected chi connectivity index (χ4v) is 2.32. The lowest BCUT2D eigenvalue weighted by molar-refractivity contribution is -0.139. The molecular weight excluding hydrogens is 240 g/mol. The number of carbonyl (C=O) groups excluding carboxylic acids is 1. The van der Waals surface area contributed by atoms with Crippen molar-refractivity contribution < 1.29 is 9.53 Å². The summed E-state index contributed by atoms with van der Waals surface area (Å²) in [4.78, 5) is 19.7. The molecule has 0 N–H and O–H groups in total. The van der Waals surface area contributed by atoms with Crippen LogP contribution in [0.5, 0.6) is 0 Å². The fraction of sp³-hybridized carbons (Fsp3) is 0.400. The van der Waals surface area contributed by atoms with Crippen LogP contribution in [0.4, 0.5) is 0 Å². The van der Waals surface area contributed by atoms with Gasteiger partial charge in [-0.15, -0.1) is 0 Å². The van der Waals surface area contributed by atoms with Gasteiger partial charge in [-0.3, -0.25) is 9.48 Å². The third-order valence-corrected chi connectivity index (χ3v) is 3.41. The van der Waals surface area contributed by atoms with Crippen molar-refractivity contribution in [3.63, 3.8) is 0 Å². The number of aromatic nitrogens is 4. The Morgan fingerprint density at radius 1 is 1.53 bits per heavy atom. The Bertz CT molecular complexity index is 554. The van der Waals surface area contributed by atoms with E-state index in [0.717, 1.165) is 16.1 Å². The molecule has 0 aromatic carbocycles.